The molecule has 0 saturated carbocycles. The van der Waals surface area contributed by atoms with Crippen LogP contribution in [-0.2, 0) is 16.2 Å². The van der Waals surface area contributed by atoms with Gasteiger partial charge in [-0.25, -0.2) is 8.42 Å². The number of alkyl halides is 3. The third kappa shape index (κ3) is 4.37. The lowest BCUT2D eigenvalue weighted by molar-refractivity contribution is -0.137. The first kappa shape index (κ1) is 20.2. The number of nitrogens with one attached hydrogen (secondary N) is 1. The zero-order valence-electron chi connectivity index (χ0n) is 12.9. The number of sulfonamides is 1. The molecule has 9 heteroatoms. The minimum Gasteiger partial charge on any atom is -0.317 e. The Morgan fingerprint density at radius 2 is 1.78 bits per heavy atom. The van der Waals surface area contributed by atoms with E-state index in [0.29, 0.717) is 12.8 Å². The fourth-order valence-electron chi connectivity index (χ4n) is 2.64. The van der Waals surface area contributed by atoms with Crippen LogP contribution in [0.5, 0.6) is 0 Å². The second-order valence-electron chi connectivity index (χ2n) is 5.48. The van der Waals surface area contributed by atoms with Crippen LogP contribution in [0.15, 0.2) is 23.1 Å². The molecule has 23 heavy (non-hydrogen) atoms. The Morgan fingerprint density at radius 1 is 1.22 bits per heavy atom. The van der Waals surface area contributed by atoms with E-state index < -0.39 is 21.8 Å². The van der Waals surface area contributed by atoms with Crippen molar-refractivity contribution >= 4 is 22.4 Å². The predicted molar refractivity (Wildman–Crippen MR) is 84.3 cm³/mol. The highest BCUT2D eigenvalue weighted by atomic mass is 35.5. The topological polar surface area (TPSA) is 49.4 Å². The fraction of sp³-hybridized carbons (Fsp3) is 0.571. The quantitative estimate of drug-likeness (QED) is 0.887. The van der Waals surface area contributed by atoms with Crippen LogP contribution < -0.4 is 5.32 Å². The number of aryl methyl sites for hydroxylation is 1. The molecular weight excluding hydrogens is 353 g/mol. The predicted octanol–water partition coefficient (Wildman–Crippen LogP) is 2.81. The average Bonchev–Trinajstić information content (AvgIpc) is 2.46. The van der Waals surface area contributed by atoms with Crippen molar-refractivity contribution in [2.75, 3.05) is 20.1 Å². The standard InChI is InChI=1S/C14H19F3N2O2S.ClH/c1-10-9-11(14(15,16)17)3-4-13(10)22(20,21)19(2)12-5-7-18-8-6-12;/h3-4,9,12,18H,5-8H2,1-2H3;1H. The summed E-state index contributed by atoms with van der Waals surface area (Å²) in [7, 11) is -2.30. The summed E-state index contributed by atoms with van der Waals surface area (Å²) in [6.07, 6.45) is -3.10. The van der Waals surface area contributed by atoms with E-state index in [2.05, 4.69) is 5.32 Å². The van der Waals surface area contributed by atoms with Gasteiger partial charge in [-0.2, -0.15) is 17.5 Å². The first-order valence-corrected chi connectivity index (χ1v) is 8.44. The van der Waals surface area contributed by atoms with E-state index in [9.17, 15) is 21.6 Å². The number of halogens is 4. The molecule has 0 atom stereocenters. The summed E-state index contributed by atoms with van der Waals surface area (Å²) in [5.74, 6) is 0. The van der Waals surface area contributed by atoms with Crippen LogP contribution in [0.2, 0.25) is 0 Å². The van der Waals surface area contributed by atoms with Gasteiger partial charge in [0.25, 0.3) is 0 Å². The molecule has 132 valence electrons. The number of hydrogen-bond acceptors (Lipinski definition) is 3. The molecule has 2 rings (SSSR count). The lowest BCUT2D eigenvalue weighted by Gasteiger charge is -2.31. The zero-order chi connectivity index (χ0) is 16.5. The van der Waals surface area contributed by atoms with E-state index in [1.54, 1.807) is 0 Å². The Balaban J connectivity index is 0.00000264. The van der Waals surface area contributed by atoms with Gasteiger partial charge in [0.2, 0.25) is 10.0 Å². The van der Waals surface area contributed by atoms with Crippen LogP contribution in [0.4, 0.5) is 13.2 Å². The van der Waals surface area contributed by atoms with Crippen LogP contribution in [0.3, 0.4) is 0 Å². The van der Waals surface area contributed by atoms with Gasteiger partial charge in [0.1, 0.15) is 0 Å². The molecule has 0 aliphatic carbocycles. The smallest absolute Gasteiger partial charge is 0.317 e. The van der Waals surface area contributed by atoms with Gasteiger partial charge in [-0.15, -0.1) is 12.4 Å². The minimum atomic E-state index is -4.48. The molecule has 1 fully saturated rings. The molecule has 1 aromatic carbocycles. The Kier molecular flexibility index (Phi) is 6.48. The van der Waals surface area contributed by atoms with Gasteiger partial charge in [0, 0.05) is 13.1 Å². The molecule has 1 saturated heterocycles. The van der Waals surface area contributed by atoms with E-state index in [1.807, 2.05) is 0 Å². The molecule has 4 nitrogen and oxygen atoms in total. The molecule has 0 amide bonds. The van der Waals surface area contributed by atoms with Gasteiger partial charge in [0.05, 0.1) is 10.5 Å². The molecule has 0 spiro atoms. The highest BCUT2D eigenvalue weighted by Crippen LogP contribution is 2.32. The highest BCUT2D eigenvalue weighted by Gasteiger charge is 2.34. The Bertz CT molecular complexity index is 644. The van der Waals surface area contributed by atoms with E-state index in [4.69, 9.17) is 0 Å². The number of rotatable bonds is 3. The zero-order valence-corrected chi connectivity index (χ0v) is 14.5. The van der Waals surface area contributed by atoms with E-state index in [-0.39, 0.29) is 28.9 Å². The lowest BCUT2D eigenvalue weighted by atomic mass is 10.1. The van der Waals surface area contributed by atoms with Crippen LogP contribution in [0.25, 0.3) is 0 Å². The maximum atomic E-state index is 12.7. The molecule has 1 aliphatic rings. The summed E-state index contributed by atoms with van der Waals surface area (Å²) in [6.45, 7) is 2.85. The van der Waals surface area contributed by atoms with Crippen LogP contribution in [0, 0.1) is 6.92 Å². The molecule has 1 N–H and O–H groups in total. The normalized spacial score (nSPS) is 17.1. The van der Waals surface area contributed by atoms with Crippen molar-refractivity contribution in [2.45, 2.75) is 36.9 Å². The van der Waals surface area contributed by atoms with Crippen molar-refractivity contribution < 1.29 is 21.6 Å². The Hall–Kier alpha value is -0.830. The first-order chi connectivity index (χ1) is 10.1. The van der Waals surface area contributed by atoms with Gasteiger partial charge in [-0.3, -0.25) is 0 Å². The third-order valence-electron chi connectivity index (χ3n) is 3.98. The van der Waals surface area contributed by atoms with Crippen molar-refractivity contribution in [3.05, 3.63) is 29.3 Å². The van der Waals surface area contributed by atoms with Gasteiger partial charge in [0.15, 0.2) is 0 Å². The molecular formula is C14H20ClF3N2O2S. The number of hydrogen-bond donors (Lipinski definition) is 1. The van der Waals surface area contributed by atoms with Crippen LogP contribution in [-0.4, -0.2) is 38.9 Å². The van der Waals surface area contributed by atoms with E-state index in [0.717, 1.165) is 31.3 Å². The maximum absolute atomic E-state index is 12.7. The maximum Gasteiger partial charge on any atom is 0.416 e. The third-order valence-corrected chi connectivity index (χ3v) is 6.05. The van der Waals surface area contributed by atoms with Crippen molar-refractivity contribution in [1.29, 1.82) is 0 Å². The largest absolute Gasteiger partial charge is 0.416 e. The van der Waals surface area contributed by atoms with E-state index >= 15 is 0 Å². The van der Waals surface area contributed by atoms with Gasteiger partial charge in [-0.05, 0) is 56.6 Å². The SMILES string of the molecule is Cc1cc(C(F)(F)F)ccc1S(=O)(=O)N(C)C1CCNCC1.Cl. The van der Waals surface area contributed by atoms with Crippen LogP contribution >= 0.6 is 12.4 Å². The molecule has 1 aliphatic heterocycles. The minimum absolute atomic E-state index is 0. The van der Waals surface area contributed by atoms with Gasteiger partial charge >= 0.3 is 6.18 Å². The molecule has 1 heterocycles. The van der Waals surface area contributed by atoms with E-state index in [1.165, 1.54) is 18.3 Å². The van der Waals surface area contributed by atoms with Crippen molar-refractivity contribution in [3.63, 3.8) is 0 Å². The fourth-order valence-corrected chi connectivity index (χ4v) is 4.26. The lowest BCUT2D eigenvalue weighted by Crippen LogP contribution is -2.44. The summed E-state index contributed by atoms with van der Waals surface area (Å²) in [4.78, 5) is -0.0680. The second kappa shape index (κ2) is 7.38. The molecule has 1 aromatic rings. The van der Waals surface area contributed by atoms with Crippen molar-refractivity contribution in [3.8, 4) is 0 Å². The summed E-state index contributed by atoms with van der Waals surface area (Å²) >= 11 is 0. The molecule has 0 radical (unpaired) electrons. The first-order valence-electron chi connectivity index (χ1n) is 7.00. The summed E-state index contributed by atoms with van der Waals surface area (Å²) < 4.78 is 64.6. The molecule has 0 aromatic heterocycles. The highest BCUT2D eigenvalue weighted by molar-refractivity contribution is 7.89. The van der Waals surface area contributed by atoms with Gasteiger partial charge in [-0.1, -0.05) is 0 Å². The monoisotopic (exact) mass is 372 g/mol. The average molecular weight is 373 g/mol. The summed E-state index contributed by atoms with van der Waals surface area (Å²) in [5.41, 5.74) is -0.732. The summed E-state index contributed by atoms with van der Waals surface area (Å²) in [5, 5.41) is 3.15. The number of benzene rings is 1. The molecule has 0 bridgehead atoms. The Labute approximate surface area is 140 Å². The number of nitrogens with zero attached hydrogens (tertiary/aromatic N) is 1. The van der Waals surface area contributed by atoms with Crippen molar-refractivity contribution in [1.82, 2.24) is 9.62 Å². The Morgan fingerprint density at radius 3 is 2.26 bits per heavy atom. The second-order valence-corrected chi connectivity index (χ2v) is 7.45. The number of piperidine rings is 1. The van der Waals surface area contributed by atoms with Crippen molar-refractivity contribution in [2.24, 2.45) is 0 Å². The summed E-state index contributed by atoms with van der Waals surface area (Å²) in [6, 6.07) is 2.61. The van der Waals surface area contributed by atoms with Gasteiger partial charge < -0.3 is 5.32 Å². The molecule has 0 unspecified atom stereocenters. The van der Waals surface area contributed by atoms with Crippen LogP contribution in [0.1, 0.15) is 24.0 Å².